The van der Waals surface area contributed by atoms with Crippen LogP contribution < -0.4 is 0 Å². The van der Waals surface area contributed by atoms with Crippen LogP contribution in [0.15, 0.2) is 0 Å². The molecule has 1 unspecified atom stereocenters. The van der Waals surface area contributed by atoms with Crippen molar-refractivity contribution >= 4 is 12.2 Å². The molecule has 3 atom stereocenters. The molecule has 0 aromatic rings. The highest BCUT2D eigenvalue weighted by Crippen LogP contribution is 2.32. The van der Waals surface area contributed by atoms with E-state index in [1.807, 2.05) is 20.8 Å². The fourth-order valence-electron chi connectivity index (χ4n) is 3.63. The molecule has 2 amide bonds. The van der Waals surface area contributed by atoms with Crippen LogP contribution in [0.25, 0.3) is 0 Å². The van der Waals surface area contributed by atoms with Gasteiger partial charge in [0.25, 0.3) is 0 Å². The second kappa shape index (κ2) is 6.78. The second-order valence-corrected chi connectivity index (χ2v) is 8.01. The van der Waals surface area contributed by atoms with E-state index in [2.05, 4.69) is 0 Å². The van der Waals surface area contributed by atoms with Crippen molar-refractivity contribution in [3.63, 3.8) is 0 Å². The van der Waals surface area contributed by atoms with Crippen molar-refractivity contribution in [3.05, 3.63) is 0 Å². The lowest BCUT2D eigenvalue weighted by molar-refractivity contribution is 0.0139. The summed E-state index contributed by atoms with van der Waals surface area (Å²) in [5, 5.41) is 0. The van der Waals surface area contributed by atoms with E-state index in [9.17, 15) is 9.59 Å². The number of likely N-dealkylation sites (tertiary alicyclic amines) is 2. The van der Waals surface area contributed by atoms with Gasteiger partial charge in [-0.1, -0.05) is 0 Å². The minimum Gasteiger partial charge on any atom is -0.444 e. The van der Waals surface area contributed by atoms with E-state index in [-0.39, 0.29) is 18.3 Å². The van der Waals surface area contributed by atoms with Crippen LogP contribution in [0.4, 0.5) is 9.59 Å². The molecule has 0 bridgehead atoms. The number of rotatable bonds is 1. The van der Waals surface area contributed by atoms with Crippen LogP contribution in [-0.2, 0) is 14.2 Å². The highest BCUT2D eigenvalue weighted by atomic mass is 16.6. The number of hydrogen-bond acceptors (Lipinski definition) is 5. The Balaban J connectivity index is 1.50. The topological polar surface area (TPSA) is 68.3 Å². The standard InChI is InChI=1S/C17H28N2O5/c1-17(2,3)24-16(21)18-6-4-12-8-19(10-13(12)9-18)15(20)23-14-5-7-22-11-14/h12-14H,4-11H2,1-3H3/t12-,13?,14-/m0/s1. The first-order chi connectivity index (χ1) is 11.3. The molecule has 0 saturated carbocycles. The number of piperidine rings is 1. The Bertz CT molecular complexity index is 484. The SMILES string of the molecule is CC(C)(C)OC(=O)N1CC[C@H]2CN(C(=O)O[C@H]3CCOC3)CC2C1. The van der Waals surface area contributed by atoms with Crippen molar-refractivity contribution < 1.29 is 23.8 Å². The molecule has 136 valence electrons. The fourth-order valence-corrected chi connectivity index (χ4v) is 3.63. The Hall–Kier alpha value is -1.50. The minimum atomic E-state index is -0.483. The molecule has 0 aromatic carbocycles. The van der Waals surface area contributed by atoms with E-state index in [0.717, 1.165) is 19.4 Å². The third-order valence-electron chi connectivity index (χ3n) is 4.87. The van der Waals surface area contributed by atoms with E-state index in [1.54, 1.807) is 9.80 Å². The van der Waals surface area contributed by atoms with Crippen molar-refractivity contribution in [1.29, 1.82) is 0 Å². The summed E-state index contributed by atoms with van der Waals surface area (Å²) in [6.07, 6.45) is 1.06. The van der Waals surface area contributed by atoms with Gasteiger partial charge in [0.2, 0.25) is 0 Å². The molecule has 3 aliphatic heterocycles. The number of ether oxygens (including phenoxy) is 3. The van der Waals surface area contributed by atoms with Gasteiger partial charge in [0.1, 0.15) is 11.7 Å². The van der Waals surface area contributed by atoms with Crippen molar-refractivity contribution in [2.24, 2.45) is 11.8 Å². The van der Waals surface area contributed by atoms with Gasteiger partial charge in [0.15, 0.2) is 0 Å². The van der Waals surface area contributed by atoms with Crippen LogP contribution in [0.1, 0.15) is 33.6 Å². The van der Waals surface area contributed by atoms with Gasteiger partial charge in [-0.15, -0.1) is 0 Å². The summed E-state index contributed by atoms with van der Waals surface area (Å²) < 4.78 is 16.2. The smallest absolute Gasteiger partial charge is 0.410 e. The highest BCUT2D eigenvalue weighted by molar-refractivity contribution is 5.69. The molecule has 0 aromatic heterocycles. The molecule has 0 radical (unpaired) electrons. The molecular formula is C17H28N2O5. The summed E-state index contributed by atoms with van der Waals surface area (Å²) in [5.74, 6) is 0.745. The number of carbonyl (C=O) groups excluding carboxylic acids is 2. The quantitative estimate of drug-likeness (QED) is 0.731. The summed E-state index contributed by atoms with van der Waals surface area (Å²) in [6, 6.07) is 0. The highest BCUT2D eigenvalue weighted by Gasteiger charge is 2.41. The van der Waals surface area contributed by atoms with Crippen LogP contribution in [0.5, 0.6) is 0 Å². The van der Waals surface area contributed by atoms with Gasteiger partial charge in [-0.05, 0) is 39.0 Å². The molecule has 7 heteroatoms. The average molecular weight is 340 g/mol. The number of fused-ring (bicyclic) bond motifs is 1. The van der Waals surface area contributed by atoms with E-state index >= 15 is 0 Å². The number of amides is 2. The van der Waals surface area contributed by atoms with Gasteiger partial charge >= 0.3 is 12.2 Å². The third-order valence-corrected chi connectivity index (χ3v) is 4.87. The van der Waals surface area contributed by atoms with E-state index < -0.39 is 5.60 Å². The lowest BCUT2D eigenvalue weighted by Crippen LogP contribution is -2.45. The Morgan fingerprint density at radius 2 is 1.71 bits per heavy atom. The van der Waals surface area contributed by atoms with Crippen molar-refractivity contribution in [2.45, 2.75) is 45.3 Å². The van der Waals surface area contributed by atoms with Crippen LogP contribution in [-0.4, -0.2) is 73.1 Å². The van der Waals surface area contributed by atoms with Gasteiger partial charge in [-0.2, -0.15) is 0 Å². The summed E-state index contributed by atoms with van der Waals surface area (Å²) in [6.45, 7) is 9.49. The Morgan fingerprint density at radius 1 is 1.00 bits per heavy atom. The molecule has 0 aliphatic carbocycles. The largest absolute Gasteiger partial charge is 0.444 e. The molecule has 7 nitrogen and oxygen atoms in total. The second-order valence-electron chi connectivity index (χ2n) is 8.01. The zero-order valence-electron chi connectivity index (χ0n) is 14.8. The molecular weight excluding hydrogens is 312 g/mol. The summed E-state index contributed by atoms with van der Waals surface area (Å²) >= 11 is 0. The lowest BCUT2D eigenvalue weighted by atomic mass is 9.89. The van der Waals surface area contributed by atoms with Crippen molar-refractivity contribution in [3.8, 4) is 0 Å². The van der Waals surface area contributed by atoms with Crippen LogP contribution in [0, 0.1) is 11.8 Å². The molecule has 3 heterocycles. The normalized spacial score (nSPS) is 30.2. The first-order valence-electron chi connectivity index (χ1n) is 8.83. The summed E-state index contributed by atoms with van der Waals surface area (Å²) in [5.41, 5.74) is -0.483. The van der Waals surface area contributed by atoms with E-state index in [0.29, 0.717) is 44.7 Å². The van der Waals surface area contributed by atoms with Crippen molar-refractivity contribution in [2.75, 3.05) is 39.4 Å². The zero-order chi connectivity index (χ0) is 17.3. The summed E-state index contributed by atoms with van der Waals surface area (Å²) in [7, 11) is 0. The van der Waals surface area contributed by atoms with Gasteiger partial charge in [0.05, 0.1) is 13.2 Å². The Kier molecular flexibility index (Phi) is 4.90. The first kappa shape index (κ1) is 17.3. The number of nitrogens with zero attached hydrogens (tertiary/aromatic N) is 2. The molecule has 3 saturated heterocycles. The average Bonchev–Trinajstić information content (AvgIpc) is 3.13. The molecule has 3 fully saturated rings. The van der Waals surface area contributed by atoms with Crippen molar-refractivity contribution in [1.82, 2.24) is 9.80 Å². The van der Waals surface area contributed by atoms with E-state index in [4.69, 9.17) is 14.2 Å². The molecule has 24 heavy (non-hydrogen) atoms. The van der Waals surface area contributed by atoms with Gasteiger partial charge < -0.3 is 24.0 Å². The van der Waals surface area contributed by atoms with Gasteiger partial charge in [-0.25, -0.2) is 9.59 Å². The molecule has 3 aliphatic rings. The van der Waals surface area contributed by atoms with Gasteiger partial charge in [-0.3, -0.25) is 0 Å². The van der Waals surface area contributed by atoms with Crippen LogP contribution >= 0.6 is 0 Å². The van der Waals surface area contributed by atoms with Crippen LogP contribution in [0.3, 0.4) is 0 Å². The maximum Gasteiger partial charge on any atom is 0.410 e. The Labute approximate surface area is 143 Å². The molecule has 0 spiro atoms. The molecule has 3 rings (SSSR count). The predicted molar refractivity (Wildman–Crippen MR) is 86.7 cm³/mol. The monoisotopic (exact) mass is 340 g/mol. The maximum absolute atomic E-state index is 12.3. The number of carbonyl (C=O) groups is 2. The predicted octanol–water partition coefficient (Wildman–Crippen LogP) is 2.10. The molecule has 0 N–H and O–H groups in total. The number of hydrogen-bond donors (Lipinski definition) is 0. The van der Waals surface area contributed by atoms with E-state index in [1.165, 1.54) is 0 Å². The lowest BCUT2D eigenvalue weighted by Gasteiger charge is -2.35. The first-order valence-corrected chi connectivity index (χ1v) is 8.83. The maximum atomic E-state index is 12.3. The zero-order valence-corrected chi connectivity index (χ0v) is 14.8. The summed E-state index contributed by atoms with van der Waals surface area (Å²) in [4.78, 5) is 28.1. The third kappa shape index (κ3) is 4.12. The van der Waals surface area contributed by atoms with Crippen LogP contribution in [0.2, 0.25) is 0 Å². The fraction of sp³-hybridized carbons (Fsp3) is 0.882. The minimum absolute atomic E-state index is 0.113. The van der Waals surface area contributed by atoms with Gasteiger partial charge in [0, 0.05) is 32.6 Å². The Morgan fingerprint density at radius 3 is 2.38 bits per heavy atom.